The van der Waals surface area contributed by atoms with Gasteiger partial charge in [-0.25, -0.2) is 0 Å². The van der Waals surface area contributed by atoms with Crippen LogP contribution in [0.3, 0.4) is 0 Å². The minimum absolute atomic E-state index is 0.108. The first-order valence-corrected chi connectivity index (χ1v) is 23.1. The molecule has 8 rings (SSSR count). The van der Waals surface area contributed by atoms with Gasteiger partial charge in [0.1, 0.15) is 17.6 Å². The molecule has 1 saturated carbocycles. The number of ether oxygens (including phenoxy) is 1. The molecule has 0 spiro atoms. The molecule has 2 nitrogen and oxygen atoms in total. The van der Waals surface area contributed by atoms with Crippen molar-refractivity contribution in [1.29, 1.82) is 0 Å². The molecule has 286 valence electrons. The normalized spacial score (nSPS) is 17.8. The first-order valence-electron chi connectivity index (χ1n) is 20.4. The van der Waals surface area contributed by atoms with Crippen molar-refractivity contribution in [2.45, 2.75) is 93.6 Å². The van der Waals surface area contributed by atoms with E-state index in [2.05, 4.69) is 165 Å². The maximum atomic E-state index is 12.4. The molecule has 2 aliphatic rings. The lowest BCUT2D eigenvalue weighted by Gasteiger charge is -2.43. The van der Waals surface area contributed by atoms with Crippen LogP contribution in [0.25, 0.3) is 0 Å². The number of rotatable bonds is 8. The highest BCUT2D eigenvalue weighted by Gasteiger charge is 2.41. The maximum absolute atomic E-state index is 12.4. The first-order chi connectivity index (χ1) is 26.9. The van der Waals surface area contributed by atoms with Gasteiger partial charge in [-0.1, -0.05) is 160 Å². The Hall–Kier alpha value is -4.22. The number of hydrogen-bond acceptors (Lipinski definition) is 2. The van der Waals surface area contributed by atoms with Gasteiger partial charge >= 0.3 is 0 Å². The Labute approximate surface area is 337 Å². The number of phenols is 1. The molecule has 0 saturated heterocycles. The van der Waals surface area contributed by atoms with Gasteiger partial charge in [0, 0.05) is 22.4 Å². The minimum atomic E-state index is -0.966. The molecule has 1 aliphatic carbocycles. The summed E-state index contributed by atoms with van der Waals surface area (Å²) < 4.78 is 7.44. The molecular formula is C52H56O2P2. The zero-order chi connectivity index (χ0) is 39.2. The van der Waals surface area contributed by atoms with E-state index in [1.54, 1.807) is 0 Å². The Morgan fingerprint density at radius 3 is 1.45 bits per heavy atom. The molecule has 0 radical (unpaired) electrons. The van der Waals surface area contributed by atoms with Gasteiger partial charge in [-0.05, 0) is 129 Å². The van der Waals surface area contributed by atoms with Crippen molar-refractivity contribution in [2.24, 2.45) is 11.8 Å². The summed E-state index contributed by atoms with van der Waals surface area (Å²) in [6, 6.07) is 41.4. The fraction of sp³-hybridized carbons (Fsp3) is 0.308. The van der Waals surface area contributed by atoms with Crippen molar-refractivity contribution in [3.63, 3.8) is 0 Å². The summed E-state index contributed by atoms with van der Waals surface area (Å²) in [5.74, 6) is 2.36. The van der Waals surface area contributed by atoms with Crippen molar-refractivity contribution < 1.29 is 9.84 Å². The van der Waals surface area contributed by atoms with Crippen LogP contribution in [-0.4, -0.2) is 11.2 Å². The van der Waals surface area contributed by atoms with Crippen LogP contribution in [0.15, 0.2) is 109 Å². The average molecular weight is 775 g/mol. The lowest BCUT2D eigenvalue weighted by atomic mass is 9.72. The van der Waals surface area contributed by atoms with Crippen LogP contribution in [0.4, 0.5) is 0 Å². The van der Waals surface area contributed by atoms with Gasteiger partial charge in [0.25, 0.3) is 0 Å². The van der Waals surface area contributed by atoms with Gasteiger partial charge < -0.3 is 9.84 Å². The minimum Gasteiger partial charge on any atom is -0.507 e. The third kappa shape index (κ3) is 7.99. The van der Waals surface area contributed by atoms with Crippen LogP contribution in [0.1, 0.15) is 74.9 Å². The van der Waals surface area contributed by atoms with Crippen LogP contribution < -0.4 is 36.6 Å². The van der Waals surface area contributed by atoms with Crippen LogP contribution in [0, 0.1) is 67.2 Å². The van der Waals surface area contributed by atoms with Crippen molar-refractivity contribution in [2.75, 3.05) is 0 Å². The summed E-state index contributed by atoms with van der Waals surface area (Å²) in [6.07, 6.45) is 5.45. The van der Waals surface area contributed by atoms with Crippen molar-refractivity contribution in [1.82, 2.24) is 0 Å². The summed E-state index contributed by atoms with van der Waals surface area (Å²) in [6.45, 7) is 17.6. The average Bonchev–Trinajstić information content (AvgIpc) is 3.11. The molecular weight excluding hydrogens is 719 g/mol. The summed E-state index contributed by atoms with van der Waals surface area (Å²) in [4.78, 5) is 0. The van der Waals surface area contributed by atoms with E-state index in [-0.39, 0.29) is 6.10 Å². The zero-order valence-corrected chi connectivity index (χ0v) is 36.2. The quantitative estimate of drug-likeness (QED) is 0.156. The second-order valence-electron chi connectivity index (χ2n) is 17.0. The number of fused-ring (bicyclic) bond motifs is 2. The van der Waals surface area contributed by atoms with Gasteiger partial charge in [0.05, 0.1) is 0 Å². The fourth-order valence-electron chi connectivity index (χ4n) is 9.83. The fourth-order valence-corrected chi connectivity index (χ4v) is 15.4. The largest absolute Gasteiger partial charge is 0.507 e. The van der Waals surface area contributed by atoms with Gasteiger partial charge in [-0.3, -0.25) is 0 Å². The molecule has 56 heavy (non-hydrogen) atoms. The molecule has 0 bridgehead atoms. The number of para-hydroxylation sites is 2. The maximum Gasteiger partial charge on any atom is 0.131 e. The topological polar surface area (TPSA) is 29.5 Å². The lowest BCUT2D eigenvalue weighted by molar-refractivity contribution is 0.0253. The van der Waals surface area contributed by atoms with Gasteiger partial charge in [0.2, 0.25) is 0 Å². The van der Waals surface area contributed by atoms with E-state index in [1.165, 1.54) is 89.4 Å². The standard InChI is InChI=1S/C52H56O2P2/c1-32-18-33(2)23-44(22-32)55(45-24-34(3)19-35(4)25-45)48-16-10-12-40(50(48)53)30-41-13-9-14-42-31-43-15-11-17-49(52(43)54-51(41)42)56(46-26-36(5)20-37(6)27-46)47-28-38(7)21-39(8)29-47/h10-12,15-29,41-42,51,53H,9,13-14,30-31H2,1-8H3/t41-,42?,51?/m1/s1. The molecule has 1 N–H and O–H groups in total. The molecule has 2 unspecified atom stereocenters. The second kappa shape index (κ2) is 16.0. The molecule has 3 atom stereocenters. The Kier molecular flexibility index (Phi) is 11.0. The molecule has 0 amide bonds. The SMILES string of the molecule is Cc1cc(C)cc(P(c2cc(C)cc(C)c2)c2cccc(C[C@H]3CCCC4Cc5cccc(P(c6cc(C)cc(C)c6)c6cc(C)cc(C)c6)c5OC43)c2O)c1. The van der Waals surface area contributed by atoms with E-state index < -0.39 is 15.8 Å². The van der Waals surface area contributed by atoms with Crippen LogP contribution in [0.2, 0.25) is 0 Å². The molecule has 1 aliphatic heterocycles. The van der Waals surface area contributed by atoms with E-state index in [9.17, 15) is 5.11 Å². The molecule has 1 fully saturated rings. The Morgan fingerprint density at radius 2 is 0.964 bits per heavy atom. The summed E-state index contributed by atoms with van der Waals surface area (Å²) in [5.41, 5.74) is 12.6. The molecule has 0 aromatic heterocycles. The van der Waals surface area contributed by atoms with Gasteiger partial charge in [-0.15, -0.1) is 0 Å². The predicted molar refractivity (Wildman–Crippen MR) is 243 cm³/mol. The highest BCUT2D eigenvalue weighted by atomic mass is 31.1. The van der Waals surface area contributed by atoms with E-state index in [1.807, 2.05) is 0 Å². The number of hydrogen-bond donors (Lipinski definition) is 1. The van der Waals surface area contributed by atoms with E-state index >= 15 is 0 Å². The number of benzene rings is 6. The molecule has 4 heteroatoms. The van der Waals surface area contributed by atoms with Crippen LogP contribution in [0.5, 0.6) is 11.5 Å². The Bertz CT molecular complexity index is 2240. The second-order valence-corrected chi connectivity index (χ2v) is 21.4. The number of aromatic hydroxyl groups is 1. The van der Waals surface area contributed by atoms with Gasteiger partial charge in [-0.2, -0.15) is 0 Å². The summed E-state index contributed by atoms with van der Waals surface area (Å²) >= 11 is 0. The molecule has 6 aromatic rings. The predicted octanol–water partition coefficient (Wildman–Crippen LogP) is 10.3. The highest BCUT2D eigenvalue weighted by Crippen LogP contribution is 2.47. The third-order valence-electron chi connectivity index (χ3n) is 11.8. The Balaban J connectivity index is 1.17. The number of phenolic OH excluding ortho intramolecular Hbond substituents is 1. The summed E-state index contributed by atoms with van der Waals surface area (Å²) in [5, 5.41) is 20.1. The molecule has 1 heterocycles. The van der Waals surface area contributed by atoms with Crippen molar-refractivity contribution in [3.05, 3.63) is 165 Å². The summed E-state index contributed by atoms with van der Waals surface area (Å²) in [7, 11) is -1.81. The lowest BCUT2D eigenvalue weighted by Crippen LogP contribution is -2.44. The molecule has 6 aromatic carbocycles. The van der Waals surface area contributed by atoms with E-state index in [0.717, 1.165) is 35.9 Å². The van der Waals surface area contributed by atoms with Crippen LogP contribution in [-0.2, 0) is 12.8 Å². The van der Waals surface area contributed by atoms with Crippen molar-refractivity contribution >= 4 is 47.7 Å². The van der Waals surface area contributed by atoms with E-state index in [4.69, 9.17) is 4.74 Å². The third-order valence-corrected chi connectivity index (χ3v) is 16.6. The highest BCUT2D eigenvalue weighted by molar-refractivity contribution is 7.80. The Morgan fingerprint density at radius 1 is 0.536 bits per heavy atom. The number of aryl methyl sites for hydroxylation is 8. The van der Waals surface area contributed by atoms with Crippen molar-refractivity contribution in [3.8, 4) is 11.5 Å². The van der Waals surface area contributed by atoms with Gasteiger partial charge in [0.15, 0.2) is 0 Å². The van der Waals surface area contributed by atoms with Crippen LogP contribution >= 0.6 is 15.8 Å². The van der Waals surface area contributed by atoms with E-state index in [0.29, 0.717) is 17.6 Å². The zero-order valence-electron chi connectivity index (χ0n) is 34.4. The monoisotopic (exact) mass is 774 g/mol. The smallest absolute Gasteiger partial charge is 0.131 e. The first kappa shape index (κ1) is 38.6.